The van der Waals surface area contributed by atoms with Crippen LogP contribution >= 0.6 is 11.6 Å². The molecular formula is C18H21ClFN5O3. The number of aromatic nitrogens is 3. The number of piperidine rings is 1. The molecule has 0 bridgehead atoms. The fourth-order valence-electron chi connectivity index (χ4n) is 3.64. The maximum absolute atomic E-state index is 13.3. The summed E-state index contributed by atoms with van der Waals surface area (Å²) < 4.78 is 26.5. The molecule has 1 fully saturated rings. The average molecular weight is 410 g/mol. The van der Waals surface area contributed by atoms with Crippen LogP contribution in [0.3, 0.4) is 0 Å². The second kappa shape index (κ2) is 7.65. The predicted octanol–water partition coefficient (Wildman–Crippen LogP) is 2.81. The van der Waals surface area contributed by atoms with Crippen molar-refractivity contribution in [2.75, 3.05) is 25.5 Å². The molecule has 150 valence electrons. The molecule has 0 atom stereocenters. The van der Waals surface area contributed by atoms with Gasteiger partial charge in [0.25, 0.3) is 0 Å². The van der Waals surface area contributed by atoms with Gasteiger partial charge in [0.2, 0.25) is 0 Å². The van der Waals surface area contributed by atoms with Crippen molar-refractivity contribution in [3.05, 3.63) is 40.4 Å². The summed E-state index contributed by atoms with van der Waals surface area (Å²) in [5.74, 6) is -0.518. The molecule has 2 aromatic rings. The molecule has 1 saturated heterocycles. The zero-order valence-corrected chi connectivity index (χ0v) is 16.2. The van der Waals surface area contributed by atoms with Crippen LogP contribution in [0.25, 0.3) is 0 Å². The van der Waals surface area contributed by atoms with Crippen LogP contribution in [-0.2, 0) is 29.2 Å². The number of benzene rings is 1. The molecule has 8 nitrogen and oxygen atoms in total. The SMILES string of the molecule is COCc1nnn2c1COC1(CCN(C(=O)Nc3ccc(F)c(Cl)c3)CC1)C2. The lowest BCUT2D eigenvalue weighted by molar-refractivity contribution is -0.119. The maximum Gasteiger partial charge on any atom is 0.321 e. The highest BCUT2D eigenvalue weighted by Gasteiger charge is 2.41. The number of halogens is 2. The van der Waals surface area contributed by atoms with Crippen molar-refractivity contribution in [1.29, 1.82) is 0 Å². The minimum absolute atomic E-state index is 0.0255. The highest BCUT2D eigenvalue weighted by Crippen LogP contribution is 2.33. The number of anilines is 1. The summed E-state index contributed by atoms with van der Waals surface area (Å²) in [4.78, 5) is 14.2. The first-order chi connectivity index (χ1) is 13.5. The Morgan fingerprint density at radius 2 is 2.21 bits per heavy atom. The minimum atomic E-state index is -0.518. The number of nitrogens with zero attached hydrogens (tertiary/aromatic N) is 4. The van der Waals surface area contributed by atoms with E-state index in [0.29, 0.717) is 51.4 Å². The summed E-state index contributed by atoms with van der Waals surface area (Å²) in [7, 11) is 1.62. The average Bonchev–Trinajstić information content (AvgIpc) is 3.07. The number of nitrogens with one attached hydrogen (secondary N) is 1. The molecule has 0 saturated carbocycles. The van der Waals surface area contributed by atoms with Gasteiger partial charge < -0.3 is 19.7 Å². The van der Waals surface area contributed by atoms with E-state index in [0.717, 1.165) is 11.4 Å². The highest BCUT2D eigenvalue weighted by molar-refractivity contribution is 6.31. The molecule has 2 aliphatic rings. The molecule has 0 unspecified atom stereocenters. The number of fused-ring (bicyclic) bond motifs is 1. The Balaban J connectivity index is 1.36. The largest absolute Gasteiger partial charge is 0.378 e. The Morgan fingerprint density at radius 3 is 2.93 bits per heavy atom. The van der Waals surface area contributed by atoms with Crippen molar-refractivity contribution in [3.8, 4) is 0 Å². The Hall–Kier alpha value is -2.23. The Labute approximate surface area is 166 Å². The standard InChI is InChI=1S/C18H21ClFN5O3/c1-27-9-15-16-10-28-18(11-25(16)23-22-15)4-6-24(7-5-18)17(26)21-12-2-3-14(20)13(19)8-12/h2-3,8H,4-7,9-11H2,1H3,(H,21,26). The number of amides is 2. The van der Waals surface area contributed by atoms with Crippen LogP contribution in [0.4, 0.5) is 14.9 Å². The number of hydrogen-bond donors (Lipinski definition) is 1. The van der Waals surface area contributed by atoms with E-state index >= 15 is 0 Å². The lowest BCUT2D eigenvalue weighted by Gasteiger charge is -2.43. The van der Waals surface area contributed by atoms with E-state index < -0.39 is 5.82 Å². The van der Waals surface area contributed by atoms with Gasteiger partial charge in [-0.1, -0.05) is 16.8 Å². The monoisotopic (exact) mass is 409 g/mol. The summed E-state index contributed by atoms with van der Waals surface area (Å²) in [6.45, 7) is 2.56. The molecule has 1 aromatic carbocycles. The molecule has 10 heteroatoms. The van der Waals surface area contributed by atoms with Gasteiger partial charge in [0.15, 0.2) is 0 Å². The van der Waals surface area contributed by atoms with Gasteiger partial charge in [-0.2, -0.15) is 0 Å². The molecule has 0 aliphatic carbocycles. The summed E-state index contributed by atoms with van der Waals surface area (Å²) in [6.07, 6.45) is 1.40. The molecule has 4 rings (SSSR count). The number of urea groups is 1. The summed E-state index contributed by atoms with van der Waals surface area (Å²) >= 11 is 5.77. The van der Waals surface area contributed by atoms with Crippen LogP contribution in [0, 0.1) is 5.82 Å². The van der Waals surface area contributed by atoms with Gasteiger partial charge in [-0.3, -0.25) is 0 Å². The van der Waals surface area contributed by atoms with Crippen molar-refractivity contribution in [1.82, 2.24) is 19.9 Å². The van der Waals surface area contributed by atoms with Crippen LogP contribution in [-0.4, -0.2) is 51.7 Å². The number of hydrogen-bond acceptors (Lipinski definition) is 5. The first-order valence-electron chi connectivity index (χ1n) is 9.05. The summed E-state index contributed by atoms with van der Waals surface area (Å²) in [5, 5.41) is 11.1. The molecule has 2 amide bonds. The van der Waals surface area contributed by atoms with Gasteiger partial charge in [0.05, 0.1) is 36.1 Å². The maximum atomic E-state index is 13.3. The molecule has 0 radical (unpaired) electrons. The second-order valence-electron chi connectivity index (χ2n) is 7.09. The number of ether oxygens (including phenoxy) is 2. The third kappa shape index (κ3) is 3.69. The normalized spacial score (nSPS) is 18.2. The lowest BCUT2D eigenvalue weighted by Crippen LogP contribution is -2.52. The van der Waals surface area contributed by atoms with Crippen molar-refractivity contribution < 1.29 is 18.7 Å². The molecule has 1 spiro atoms. The van der Waals surface area contributed by atoms with E-state index in [1.165, 1.54) is 18.2 Å². The predicted molar refractivity (Wildman–Crippen MR) is 99.5 cm³/mol. The Bertz CT molecular complexity index is 882. The molecule has 28 heavy (non-hydrogen) atoms. The van der Waals surface area contributed by atoms with Gasteiger partial charge in [0.1, 0.15) is 11.5 Å². The third-order valence-corrected chi connectivity index (χ3v) is 5.57. The van der Waals surface area contributed by atoms with E-state index in [1.54, 1.807) is 12.0 Å². The van der Waals surface area contributed by atoms with Crippen LogP contribution in [0.5, 0.6) is 0 Å². The van der Waals surface area contributed by atoms with Crippen LogP contribution in [0.1, 0.15) is 24.2 Å². The van der Waals surface area contributed by atoms with E-state index in [4.69, 9.17) is 21.1 Å². The van der Waals surface area contributed by atoms with Gasteiger partial charge in [-0.25, -0.2) is 13.9 Å². The topological polar surface area (TPSA) is 81.5 Å². The van der Waals surface area contributed by atoms with E-state index in [-0.39, 0.29) is 16.7 Å². The fourth-order valence-corrected chi connectivity index (χ4v) is 3.82. The molecule has 1 aromatic heterocycles. The van der Waals surface area contributed by atoms with Crippen LogP contribution in [0.15, 0.2) is 18.2 Å². The van der Waals surface area contributed by atoms with E-state index in [1.807, 2.05) is 4.68 Å². The quantitative estimate of drug-likeness (QED) is 0.843. The molecule has 1 N–H and O–H groups in total. The van der Waals surface area contributed by atoms with E-state index in [9.17, 15) is 9.18 Å². The number of rotatable bonds is 3. The smallest absolute Gasteiger partial charge is 0.321 e. The minimum Gasteiger partial charge on any atom is -0.378 e. The van der Waals surface area contributed by atoms with Crippen molar-refractivity contribution in [3.63, 3.8) is 0 Å². The Kier molecular flexibility index (Phi) is 5.22. The lowest BCUT2D eigenvalue weighted by atomic mass is 9.90. The first-order valence-corrected chi connectivity index (χ1v) is 9.43. The number of likely N-dealkylation sites (tertiary alicyclic amines) is 1. The van der Waals surface area contributed by atoms with Crippen molar-refractivity contribution >= 4 is 23.3 Å². The van der Waals surface area contributed by atoms with Crippen LogP contribution in [0.2, 0.25) is 5.02 Å². The summed E-state index contributed by atoms with van der Waals surface area (Å²) in [6, 6.07) is 3.87. The van der Waals surface area contributed by atoms with Crippen LogP contribution < -0.4 is 5.32 Å². The highest BCUT2D eigenvalue weighted by atomic mass is 35.5. The molecule has 2 aliphatic heterocycles. The number of methoxy groups -OCH3 is 1. The summed E-state index contributed by atoms with van der Waals surface area (Å²) in [5.41, 5.74) is 1.86. The van der Waals surface area contributed by atoms with Gasteiger partial charge in [-0.15, -0.1) is 5.10 Å². The van der Waals surface area contributed by atoms with Crippen molar-refractivity contribution in [2.24, 2.45) is 0 Å². The number of carbonyl (C=O) groups excluding carboxylic acids is 1. The first kappa shape index (κ1) is 19.1. The zero-order valence-electron chi connectivity index (χ0n) is 15.5. The van der Waals surface area contributed by atoms with Gasteiger partial charge in [0, 0.05) is 25.9 Å². The zero-order chi connectivity index (χ0) is 19.7. The van der Waals surface area contributed by atoms with Gasteiger partial charge in [-0.05, 0) is 31.0 Å². The third-order valence-electron chi connectivity index (χ3n) is 5.28. The second-order valence-corrected chi connectivity index (χ2v) is 7.50. The van der Waals surface area contributed by atoms with E-state index in [2.05, 4.69) is 15.6 Å². The fraction of sp³-hybridized carbons (Fsp3) is 0.500. The van der Waals surface area contributed by atoms with Crippen molar-refractivity contribution in [2.45, 2.75) is 38.2 Å². The Morgan fingerprint density at radius 1 is 1.43 bits per heavy atom. The molecule has 3 heterocycles. The van der Waals surface area contributed by atoms with Gasteiger partial charge >= 0.3 is 6.03 Å². The molecular weight excluding hydrogens is 389 g/mol. The number of carbonyl (C=O) groups is 1.